The quantitative estimate of drug-likeness (QED) is 0.592. The van der Waals surface area contributed by atoms with Crippen LogP contribution >= 0.6 is 11.6 Å². The standard InChI is InChI=1S/C19H23Cl/c1-5-13(2)16-8-10-17(11-9-16)19(20)18-7-6-14(3)15(4)12-18/h6-13,19H,5H2,1-4H3. The Balaban J connectivity index is 2.24. The minimum Gasteiger partial charge on any atom is -0.113 e. The molecule has 0 radical (unpaired) electrons. The Morgan fingerprint density at radius 2 is 1.40 bits per heavy atom. The number of rotatable bonds is 4. The Kier molecular flexibility index (Phi) is 4.88. The Morgan fingerprint density at radius 1 is 0.850 bits per heavy atom. The van der Waals surface area contributed by atoms with Crippen LogP contribution in [0.15, 0.2) is 42.5 Å². The first-order chi connectivity index (χ1) is 9.52. The van der Waals surface area contributed by atoms with Gasteiger partial charge in [0.05, 0.1) is 5.38 Å². The molecule has 0 fully saturated rings. The summed E-state index contributed by atoms with van der Waals surface area (Å²) in [6.45, 7) is 8.74. The number of benzene rings is 2. The molecule has 0 aliphatic rings. The molecule has 20 heavy (non-hydrogen) atoms. The normalized spacial score (nSPS) is 14.1. The molecule has 0 N–H and O–H groups in total. The minimum atomic E-state index is -0.0692. The zero-order valence-electron chi connectivity index (χ0n) is 12.8. The Morgan fingerprint density at radius 3 is 1.95 bits per heavy atom. The Hall–Kier alpha value is -1.27. The highest BCUT2D eigenvalue weighted by Gasteiger charge is 2.12. The van der Waals surface area contributed by atoms with Crippen molar-refractivity contribution in [2.75, 3.05) is 0 Å². The van der Waals surface area contributed by atoms with E-state index >= 15 is 0 Å². The van der Waals surface area contributed by atoms with Gasteiger partial charge in [-0.3, -0.25) is 0 Å². The van der Waals surface area contributed by atoms with Crippen LogP contribution in [-0.4, -0.2) is 0 Å². The lowest BCUT2D eigenvalue weighted by Gasteiger charge is -2.14. The molecule has 0 aromatic heterocycles. The maximum atomic E-state index is 6.62. The van der Waals surface area contributed by atoms with Gasteiger partial charge >= 0.3 is 0 Å². The van der Waals surface area contributed by atoms with E-state index in [1.54, 1.807) is 0 Å². The van der Waals surface area contributed by atoms with Crippen molar-refractivity contribution in [2.45, 2.75) is 45.4 Å². The second-order valence-corrected chi connectivity index (χ2v) is 6.12. The van der Waals surface area contributed by atoms with Crippen molar-refractivity contribution in [3.05, 3.63) is 70.3 Å². The number of hydrogen-bond donors (Lipinski definition) is 0. The molecule has 0 spiro atoms. The smallest absolute Gasteiger partial charge is 0.0835 e. The monoisotopic (exact) mass is 286 g/mol. The van der Waals surface area contributed by atoms with Crippen LogP contribution in [0.5, 0.6) is 0 Å². The third-order valence-electron chi connectivity index (χ3n) is 4.23. The minimum absolute atomic E-state index is 0.0692. The molecule has 2 rings (SSSR count). The van der Waals surface area contributed by atoms with Gasteiger partial charge in [0.1, 0.15) is 0 Å². The third kappa shape index (κ3) is 3.24. The van der Waals surface area contributed by atoms with Gasteiger partial charge in [0.25, 0.3) is 0 Å². The van der Waals surface area contributed by atoms with Crippen LogP contribution in [-0.2, 0) is 0 Å². The number of alkyl halides is 1. The molecule has 0 aliphatic carbocycles. The average Bonchev–Trinajstić information content (AvgIpc) is 2.48. The molecular formula is C19H23Cl. The molecule has 2 aromatic rings. The molecule has 0 saturated heterocycles. The van der Waals surface area contributed by atoms with E-state index in [0.29, 0.717) is 5.92 Å². The summed E-state index contributed by atoms with van der Waals surface area (Å²) in [6.07, 6.45) is 1.17. The lowest BCUT2D eigenvalue weighted by atomic mass is 9.95. The zero-order chi connectivity index (χ0) is 14.7. The van der Waals surface area contributed by atoms with E-state index in [1.807, 2.05) is 0 Å². The second-order valence-electron chi connectivity index (χ2n) is 5.68. The predicted octanol–water partition coefficient (Wildman–Crippen LogP) is 6.15. The molecule has 0 nitrogen and oxygen atoms in total. The molecule has 0 bridgehead atoms. The van der Waals surface area contributed by atoms with Crippen LogP contribution in [0.1, 0.15) is 59.4 Å². The van der Waals surface area contributed by atoms with E-state index in [4.69, 9.17) is 11.6 Å². The molecule has 0 amide bonds. The van der Waals surface area contributed by atoms with E-state index in [9.17, 15) is 0 Å². The number of aryl methyl sites for hydroxylation is 2. The fourth-order valence-electron chi connectivity index (χ4n) is 2.34. The molecule has 1 heteroatoms. The van der Waals surface area contributed by atoms with Crippen LogP contribution < -0.4 is 0 Å². The highest BCUT2D eigenvalue weighted by atomic mass is 35.5. The largest absolute Gasteiger partial charge is 0.113 e. The number of halogens is 1. The van der Waals surface area contributed by atoms with Crippen molar-refractivity contribution in [1.29, 1.82) is 0 Å². The van der Waals surface area contributed by atoms with Gasteiger partial charge in [0.2, 0.25) is 0 Å². The second kappa shape index (κ2) is 6.45. The first-order valence-electron chi connectivity index (χ1n) is 7.34. The summed E-state index contributed by atoms with van der Waals surface area (Å²) in [4.78, 5) is 0. The predicted molar refractivity (Wildman–Crippen MR) is 88.8 cm³/mol. The summed E-state index contributed by atoms with van der Waals surface area (Å²) in [5.41, 5.74) is 6.34. The molecule has 2 atom stereocenters. The van der Waals surface area contributed by atoms with Gasteiger partial charge in [0, 0.05) is 0 Å². The van der Waals surface area contributed by atoms with Crippen LogP contribution in [0, 0.1) is 13.8 Å². The van der Waals surface area contributed by atoms with Gasteiger partial charge in [0.15, 0.2) is 0 Å². The van der Waals surface area contributed by atoms with E-state index < -0.39 is 0 Å². The van der Waals surface area contributed by atoms with Crippen molar-refractivity contribution in [1.82, 2.24) is 0 Å². The van der Waals surface area contributed by atoms with Gasteiger partial charge in [-0.2, -0.15) is 0 Å². The molecule has 0 aliphatic heterocycles. The summed E-state index contributed by atoms with van der Waals surface area (Å²) in [5.74, 6) is 0.611. The molecule has 106 valence electrons. The summed E-state index contributed by atoms with van der Waals surface area (Å²) in [5, 5.41) is -0.0692. The topological polar surface area (TPSA) is 0 Å². The van der Waals surface area contributed by atoms with Gasteiger partial charge in [-0.15, -0.1) is 11.6 Å². The van der Waals surface area contributed by atoms with E-state index in [1.165, 1.54) is 34.2 Å². The molecule has 2 unspecified atom stereocenters. The van der Waals surface area contributed by atoms with Gasteiger partial charge in [-0.1, -0.05) is 56.3 Å². The molecule has 2 aromatic carbocycles. The highest BCUT2D eigenvalue weighted by molar-refractivity contribution is 6.22. The number of hydrogen-bond acceptors (Lipinski definition) is 0. The molecule has 0 heterocycles. The van der Waals surface area contributed by atoms with Crippen molar-refractivity contribution in [2.24, 2.45) is 0 Å². The Bertz CT molecular complexity index is 569. The first kappa shape index (κ1) is 15.1. The fourth-order valence-corrected chi connectivity index (χ4v) is 2.63. The highest BCUT2D eigenvalue weighted by Crippen LogP contribution is 2.31. The van der Waals surface area contributed by atoms with Gasteiger partial charge in [-0.25, -0.2) is 0 Å². The first-order valence-corrected chi connectivity index (χ1v) is 7.77. The summed E-state index contributed by atoms with van der Waals surface area (Å²) in [7, 11) is 0. The maximum Gasteiger partial charge on any atom is 0.0835 e. The van der Waals surface area contributed by atoms with Crippen molar-refractivity contribution >= 4 is 11.6 Å². The van der Waals surface area contributed by atoms with Crippen molar-refractivity contribution in [3.63, 3.8) is 0 Å². The van der Waals surface area contributed by atoms with Gasteiger partial charge in [-0.05, 0) is 54.0 Å². The Labute approximate surface area is 127 Å². The van der Waals surface area contributed by atoms with Crippen molar-refractivity contribution < 1.29 is 0 Å². The third-order valence-corrected chi connectivity index (χ3v) is 4.74. The molecular weight excluding hydrogens is 264 g/mol. The van der Waals surface area contributed by atoms with Crippen LogP contribution in [0.4, 0.5) is 0 Å². The van der Waals surface area contributed by atoms with E-state index in [0.717, 1.165) is 0 Å². The molecule has 0 saturated carbocycles. The fraction of sp³-hybridized carbons (Fsp3) is 0.368. The van der Waals surface area contributed by atoms with E-state index in [2.05, 4.69) is 70.2 Å². The summed E-state index contributed by atoms with van der Waals surface area (Å²) in [6, 6.07) is 15.2. The SMILES string of the molecule is CCC(C)c1ccc(C(Cl)c2ccc(C)c(C)c2)cc1. The maximum absolute atomic E-state index is 6.62. The van der Waals surface area contributed by atoms with E-state index in [-0.39, 0.29) is 5.38 Å². The van der Waals surface area contributed by atoms with Crippen LogP contribution in [0.25, 0.3) is 0 Å². The van der Waals surface area contributed by atoms with Crippen LogP contribution in [0.3, 0.4) is 0 Å². The average molecular weight is 287 g/mol. The zero-order valence-corrected chi connectivity index (χ0v) is 13.5. The van der Waals surface area contributed by atoms with Gasteiger partial charge < -0.3 is 0 Å². The summed E-state index contributed by atoms with van der Waals surface area (Å²) < 4.78 is 0. The lowest BCUT2D eigenvalue weighted by Crippen LogP contribution is -1.97. The van der Waals surface area contributed by atoms with Crippen LogP contribution in [0.2, 0.25) is 0 Å². The summed E-state index contributed by atoms with van der Waals surface area (Å²) >= 11 is 6.62. The lowest BCUT2D eigenvalue weighted by molar-refractivity contribution is 0.733. The van der Waals surface area contributed by atoms with Crippen molar-refractivity contribution in [3.8, 4) is 0 Å².